The molecule has 0 aliphatic rings. The average molecular weight is 226 g/mol. The second kappa shape index (κ2) is 4.96. The molecule has 16 heavy (non-hydrogen) atoms. The van der Waals surface area contributed by atoms with Crippen molar-refractivity contribution in [2.75, 3.05) is 0 Å². The standard InChI is InChI=1S/C12H15FO3/c1-4-12(2,3)16-11(14)15-10-8-6-5-7-9(10)13/h5-8H,4H2,1-3H3. The first-order chi connectivity index (χ1) is 7.44. The molecule has 0 aliphatic heterocycles. The zero-order chi connectivity index (χ0) is 12.2. The number of hydrogen-bond acceptors (Lipinski definition) is 3. The maximum atomic E-state index is 13.1. The molecular weight excluding hydrogens is 211 g/mol. The third-order valence-corrected chi connectivity index (χ3v) is 2.24. The minimum Gasteiger partial charge on any atom is -0.428 e. The van der Waals surface area contributed by atoms with Crippen LogP contribution >= 0.6 is 0 Å². The molecule has 1 rings (SSSR count). The van der Waals surface area contributed by atoms with E-state index in [1.807, 2.05) is 6.92 Å². The molecule has 0 amide bonds. The van der Waals surface area contributed by atoms with Crippen LogP contribution in [0.4, 0.5) is 9.18 Å². The van der Waals surface area contributed by atoms with Crippen LogP contribution < -0.4 is 4.74 Å². The van der Waals surface area contributed by atoms with Gasteiger partial charge in [0.05, 0.1) is 0 Å². The van der Waals surface area contributed by atoms with Crippen molar-refractivity contribution in [3.63, 3.8) is 0 Å². The van der Waals surface area contributed by atoms with Gasteiger partial charge in [0.1, 0.15) is 5.60 Å². The van der Waals surface area contributed by atoms with Crippen molar-refractivity contribution < 1.29 is 18.7 Å². The summed E-state index contributed by atoms with van der Waals surface area (Å²) in [5.41, 5.74) is -0.609. The summed E-state index contributed by atoms with van der Waals surface area (Å²) in [6.07, 6.45) is -0.240. The van der Waals surface area contributed by atoms with Crippen molar-refractivity contribution in [1.82, 2.24) is 0 Å². The highest BCUT2D eigenvalue weighted by molar-refractivity contribution is 5.64. The highest BCUT2D eigenvalue weighted by Crippen LogP contribution is 2.19. The molecule has 1 aromatic carbocycles. The number of para-hydroxylation sites is 1. The van der Waals surface area contributed by atoms with E-state index in [9.17, 15) is 9.18 Å². The van der Waals surface area contributed by atoms with E-state index in [0.29, 0.717) is 6.42 Å². The number of rotatable bonds is 3. The zero-order valence-corrected chi connectivity index (χ0v) is 9.62. The molecule has 0 fully saturated rings. The molecule has 1 aromatic rings. The Bertz CT molecular complexity index is 374. The molecule has 0 radical (unpaired) electrons. The first kappa shape index (κ1) is 12.5. The van der Waals surface area contributed by atoms with E-state index in [0.717, 1.165) is 0 Å². The van der Waals surface area contributed by atoms with Gasteiger partial charge < -0.3 is 9.47 Å². The van der Waals surface area contributed by atoms with Crippen LogP contribution in [0.5, 0.6) is 5.75 Å². The van der Waals surface area contributed by atoms with E-state index in [1.54, 1.807) is 19.9 Å². The molecule has 0 saturated carbocycles. The number of halogens is 1. The SMILES string of the molecule is CCC(C)(C)OC(=O)Oc1ccccc1F. The number of ether oxygens (including phenoxy) is 2. The third kappa shape index (κ3) is 3.53. The molecule has 0 atom stereocenters. The van der Waals surface area contributed by atoms with Gasteiger partial charge in [-0.2, -0.15) is 0 Å². The fraction of sp³-hybridized carbons (Fsp3) is 0.417. The zero-order valence-electron chi connectivity index (χ0n) is 9.62. The van der Waals surface area contributed by atoms with Gasteiger partial charge in [-0.1, -0.05) is 19.1 Å². The van der Waals surface area contributed by atoms with Gasteiger partial charge in [-0.25, -0.2) is 9.18 Å². The summed E-state index contributed by atoms with van der Waals surface area (Å²) in [7, 11) is 0. The quantitative estimate of drug-likeness (QED) is 0.584. The Kier molecular flexibility index (Phi) is 3.88. The lowest BCUT2D eigenvalue weighted by molar-refractivity contribution is 0.00636. The number of carbonyl (C=O) groups is 1. The summed E-state index contributed by atoms with van der Waals surface area (Å²) in [6.45, 7) is 5.40. The van der Waals surface area contributed by atoms with E-state index in [1.165, 1.54) is 18.2 Å². The maximum absolute atomic E-state index is 13.1. The minimum absolute atomic E-state index is 0.126. The average Bonchev–Trinajstić information content (AvgIpc) is 2.21. The van der Waals surface area contributed by atoms with Gasteiger partial charge in [-0.05, 0) is 32.4 Å². The van der Waals surface area contributed by atoms with E-state index in [4.69, 9.17) is 9.47 Å². The molecule has 88 valence electrons. The van der Waals surface area contributed by atoms with Crippen molar-refractivity contribution in [1.29, 1.82) is 0 Å². The number of hydrogen-bond donors (Lipinski definition) is 0. The Labute approximate surface area is 94.2 Å². The lowest BCUT2D eigenvalue weighted by Crippen LogP contribution is -2.28. The van der Waals surface area contributed by atoms with Crippen LogP contribution in [-0.2, 0) is 4.74 Å². The van der Waals surface area contributed by atoms with Gasteiger partial charge in [0.25, 0.3) is 0 Å². The third-order valence-electron chi connectivity index (χ3n) is 2.24. The Morgan fingerprint density at radius 2 is 2.00 bits per heavy atom. The van der Waals surface area contributed by atoms with Crippen LogP contribution in [0.2, 0.25) is 0 Å². The van der Waals surface area contributed by atoms with E-state index in [-0.39, 0.29) is 5.75 Å². The molecule has 0 unspecified atom stereocenters. The van der Waals surface area contributed by atoms with Crippen LogP contribution in [-0.4, -0.2) is 11.8 Å². The maximum Gasteiger partial charge on any atom is 0.514 e. The Hall–Kier alpha value is -1.58. The smallest absolute Gasteiger partial charge is 0.428 e. The first-order valence-electron chi connectivity index (χ1n) is 5.10. The lowest BCUT2D eigenvalue weighted by atomic mass is 10.1. The fourth-order valence-electron chi connectivity index (χ4n) is 0.936. The van der Waals surface area contributed by atoms with Crippen LogP contribution in [0.15, 0.2) is 24.3 Å². The second-order valence-corrected chi connectivity index (χ2v) is 4.00. The Morgan fingerprint density at radius 3 is 2.56 bits per heavy atom. The van der Waals surface area contributed by atoms with E-state index < -0.39 is 17.6 Å². The highest BCUT2D eigenvalue weighted by Gasteiger charge is 2.22. The van der Waals surface area contributed by atoms with Crippen LogP contribution in [0.25, 0.3) is 0 Å². The van der Waals surface area contributed by atoms with Crippen molar-refractivity contribution in [3.05, 3.63) is 30.1 Å². The first-order valence-corrected chi connectivity index (χ1v) is 5.10. The highest BCUT2D eigenvalue weighted by atomic mass is 19.1. The molecule has 4 heteroatoms. The fourth-order valence-corrected chi connectivity index (χ4v) is 0.936. The second-order valence-electron chi connectivity index (χ2n) is 4.00. The van der Waals surface area contributed by atoms with Crippen molar-refractivity contribution in [2.24, 2.45) is 0 Å². The Morgan fingerprint density at radius 1 is 1.38 bits per heavy atom. The summed E-state index contributed by atoms with van der Waals surface area (Å²) < 4.78 is 22.9. The summed E-state index contributed by atoms with van der Waals surface area (Å²) in [6, 6.07) is 5.68. The van der Waals surface area contributed by atoms with E-state index in [2.05, 4.69) is 0 Å². The number of benzene rings is 1. The normalized spacial score (nSPS) is 11.0. The van der Waals surface area contributed by atoms with Crippen molar-refractivity contribution >= 4 is 6.16 Å². The van der Waals surface area contributed by atoms with Gasteiger partial charge >= 0.3 is 6.16 Å². The largest absolute Gasteiger partial charge is 0.514 e. The summed E-state index contributed by atoms with van der Waals surface area (Å²) in [4.78, 5) is 11.3. The lowest BCUT2D eigenvalue weighted by Gasteiger charge is -2.22. The molecule has 3 nitrogen and oxygen atoms in total. The molecule has 0 aliphatic carbocycles. The monoisotopic (exact) mass is 226 g/mol. The Balaban J connectivity index is 2.62. The minimum atomic E-state index is -0.892. The van der Waals surface area contributed by atoms with Gasteiger partial charge in [0, 0.05) is 0 Å². The molecule has 0 bridgehead atoms. The van der Waals surface area contributed by atoms with Crippen molar-refractivity contribution in [2.45, 2.75) is 32.8 Å². The van der Waals surface area contributed by atoms with Gasteiger partial charge in [0.15, 0.2) is 11.6 Å². The van der Waals surface area contributed by atoms with Gasteiger partial charge in [-0.3, -0.25) is 0 Å². The molecular formula is C12H15FO3. The molecule has 0 saturated heterocycles. The predicted octanol–water partition coefficient (Wildman–Crippen LogP) is 3.53. The summed E-state index contributed by atoms with van der Waals surface area (Å²) in [5.74, 6) is -0.715. The number of carbonyl (C=O) groups excluding carboxylic acids is 1. The molecule has 0 N–H and O–H groups in total. The summed E-state index contributed by atoms with van der Waals surface area (Å²) >= 11 is 0. The summed E-state index contributed by atoms with van der Waals surface area (Å²) in [5, 5.41) is 0. The van der Waals surface area contributed by atoms with Crippen molar-refractivity contribution in [3.8, 4) is 5.75 Å². The molecule has 0 heterocycles. The predicted molar refractivity (Wildman–Crippen MR) is 57.9 cm³/mol. The topological polar surface area (TPSA) is 35.5 Å². The van der Waals surface area contributed by atoms with Crippen LogP contribution in [0, 0.1) is 5.82 Å². The van der Waals surface area contributed by atoms with Crippen LogP contribution in [0.1, 0.15) is 27.2 Å². The van der Waals surface area contributed by atoms with E-state index >= 15 is 0 Å². The van der Waals surface area contributed by atoms with Crippen LogP contribution in [0.3, 0.4) is 0 Å². The molecule has 0 aromatic heterocycles. The van der Waals surface area contributed by atoms with Gasteiger partial charge in [-0.15, -0.1) is 0 Å². The van der Waals surface area contributed by atoms with Gasteiger partial charge in [0.2, 0.25) is 0 Å². The molecule has 0 spiro atoms.